The number of benzene rings is 2. The van der Waals surface area contributed by atoms with Gasteiger partial charge in [-0.05, 0) is 63.3 Å². The van der Waals surface area contributed by atoms with Gasteiger partial charge in [-0.25, -0.2) is 13.2 Å². The number of rotatable bonds is 5. The van der Waals surface area contributed by atoms with Crippen molar-refractivity contribution in [3.05, 3.63) is 58.7 Å². The number of para-hydroxylation sites is 1. The molecule has 3 rings (SSSR count). The van der Waals surface area contributed by atoms with Gasteiger partial charge in [-0.2, -0.15) is 0 Å². The zero-order chi connectivity index (χ0) is 21.9. The topological polar surface area (TPSA) is 102 Å². The molecule has 0 spiro atoms. The summed E-state index contributed by atoms with van der Waals surface area (Å²) in [5.74, 6) is -1.07. The Morgan fingerprint density at radius 2 is 1.77 bits per heavy atom. The number of hydrogen-bond donors (Lipinski definition) is 2. The highest BCUT2D eigenvalue weighted by Gasteiger charge is 2.27. The Bertz CT molecular complexity index is 1060. The Morgan fingerprint density at radius 3 is 2.47 bits per heavy atom. The molecular formula is C22H26N2O5S. The summed E-state index contributed by atoms with van der Waals surface area (Å²) in [5, 5.41) is 2.72. The first-order chi connectivity index (χ1) is 14.2. The summed E-state index contributed by atoms with van der Waals surface area (Å²) in [5.41, 5.74) is 2.37. The summed E-state index contributed by atoms with van der Waals surface area (Å²) in [6.45, 7) is 5.93. The lowest BCUT2D eigenvalue weighted by molar-refractivity contribution is -0.129. The largest absolute Gasteiger partial charge is 0.449 e. The van der Waals surface area contributed by atoms with E-state index in [4.69, 9.17) is 4.74 Å². The molecule has 7 nitrogen and oxygen atoms in total. The molecule has 0 aromatic heterocycles. The predicted octanol–water partition coefficient (Wildman–Crippen LogP) is 3.24. The van der Waals surface area contributed by atoms with Crippen LogP contribution in [0.5, 0.6) is 0 Å². The summed E-state index contributed by atoms with van der Waals surface area (Å²) >= 11 is 0. The van der Waals surface area contributed by atoms with Crippen molar-refractivity contribution >= 4 is 27.6 Å². The van der Waals surface area contributed by atoms with Gasteiger partial charge in [0.2, 0.25) is 0 Å². The number of amides is 1. The fourth-order valence-electron chi connectivity index (χ4n) is 3.75. The van der Waals surface area contributed by atoms with E-state index in [9.17, 15) is 18.0 Å². The smallest absolute Gasteiger partial charge is 0.341 e. The zero-order valence-corrected chi connectivity index (χ0v) is 18.1. The number of nitrogens with one attached hydrogen (secondary N) is 2. The molecule has 1 saturated heterocycles. The molecule has 0 aliphatic carbocycles. The lowest BCUT2D eigenvalue weighted by Crippen LogP contribution is -2.36. The fraction of sp³-hybridized carbons (Fsp3) is 0.364. The van der Waals surface area contributed by atoms with Crippen LogP contribution >= 0.6 is 0 Å². The predicted molar refractivity (Wildman–Crippen MR) is 114 cm³/mol. The van der Waals surface area contributed by atoms with Crippen LogP contribution < -0.4 is 10.0 Å². The molecule has 1 unspecified atom stereocenters. The van der Waals surface area contributed by atoms with Crippen molar-refractivity contribution in [2.24, 2.45) is 0 Å². The molecule has 160 valence electrons. The molecule has 1 heterocycles. The Morgan fingerprint density at radius 1 is 1.10 bits per heavy atom. The Hall–Kier alpha value is -2.87. The molecule has 1 aliphatic heterocycles. The first-order valence-electron chi connectivity index (χ1n) is 9.87. The third-order valence-corrected chi connectivity index (χ3v) is 6.67. The van der Waals surface area contributed by atoms with Crippen molar-refractivity contribution in [1.82, 2.24) is 5.32 Å². The molecule has 0 bridgehead atoms. The van der Waals surface area contributed by atoms with E-state index in [2.05, 4.69) is 10.0 Å². The van der Waals surface area contributed by atoms with Gasteiger partial charge in [-0.1, -0.05) is 29.8 Å². The van der Waals surface area contributed by atoms with E-state index < -0.39 is 22.1 Å². The normalized spacial score (nSPS) is 17.0. The molecular weight excluding hydrogens is 404 g/mol. The monoisotopic (exact) mass is 430 g/mol. The van der Waals surface area contributed by atoms with Gasteiger partial charge in [0, 0.05) is 6.54 Å². The number of aryl methyl sites for hydroxylation is 3. The van der Waals surface area contributed by atoms with E-state index in [1.54, 1.807) is 38.1 Å². The van der Waals surface area contributed by atoms with Crippen LogP contribution in [0, 0.1) is 20.8 Å². The first-order valence-corrected chi connectivity index (χ1v) is 11.4. The zero-order valence-electron chi connectivity index (χ0n) is 17.3. The van der Waals surface area contributed by atoms with E-state index in [1.807, 2.05) is 6.92 Å². The maximum atomic E-state index is 13.1. The van der Waals surface area contributed by atoms with Crippen molar-refractivity contribution in [2.45, 2.75) is 51.0 Å². The number of carbonyl (C=O) groups is 2. The first kappa shape index (κ1) is 21.8. The summed E-state index contributed by atoms with van der Waals surface area (Å²) < 4.78 is 34.1. The summed E-state index contributed by atoms with van der Waals surface area (Å²) in [7, 11) is -3.93. The fourth-order valence-corrected chi connectivity index (χ4v) is 5.29. The lowest BCUT2D eigenvalue weighted by Gasteiger charge is -2.18. The van der Waals surface area contributed by atoms with Gasteiger partial charge >= 0.3 is 5.97 Å². The van der Waals surface area contributed by atoms with E-state index in [0.717, 1.165) is 18.4 Å². The van der Waals surface area contributed by atoms with Crippen molar-refractivity contribution in [2.75, 3.05) is 11.3 Å². The third kappa shape index (κ3) is 4.81. The molecule has 1 fully saturated rings. The highest BCUT2D eigenvalue weighted by atomic mass is 32.2. The van der Waals surface area contributed by atoms with Gasteiger partial charge < -0.3 is 10.1 Å². The Balaban J connectivity index is 1.88. The molecule has 8 heteroatoms. The standard InChI is InChI=1S/C22H26N2O5S/c1-14-12-15(2)20(16(3)13-14)30(27,28)24-18-9-5-4-8-17(18)22(26)29-19-10-6-7-11-23-21(19)25/h4-5,8-9,12-13,19,24H,6-7,10-11H2,1-3H3,(H,23,25). The molecule has 2 N–H and O–H groups in total. The molecule has 0 radical (unpaired) electrons. The van der Waals surface area contributed by atoms with Crippen LogP contribution in [0.2, 0.25) is 0 Å². The van der Waals surface area contributed by atoms with Gasteiger partial charge in [0.15, 0.2) is 6.10 Å². The number of hydrogen-bond acceptors (Lipinski definition) is 5. The minimum absolute atomic E-state index is 0.0561. The van der Waals surface area contributed by atoms with E-state index in [-0.39, 0.29) is 22.1 Å². The Labute approximate surface area is 176 Å². The molecule has 1 amide bonds. The molecule has 30 heavy (non-hydrogen) atoms. The third-order valence-electron chi connectivity index (χ3n) is 5.00. The second-order valence-corrected chi connectivity index (χ2v) is 9.18. The minimum atomic E-state index is -3.93. The van der Waals surface area contributed by atoms with Crippen LogP contribution in [0.4, 0.5) is 5.69 Å². The second kappa shape index (κ2) is 8.87. The average Bonchev–Trinajstić information content (AvgIpc) is 2.85. The van der Waals surface area contributed by atoms with Gasteiger partial charge in [-0.3, -0.25) is 9.52 Å². The van der Waals surface area contributed by atoms with Crippen LogP contribution in [0.25, 0.3) is 0 Å². The SMILES string of the molecule is Cc1cc(C)c(S(=O)(=O)Nc2ccccc2C(=O)OC2CCCCNC2=O)c(C)c1. The molecule has 0 saturated carbocycles. The maximum Gasteiger partial charge on any atom is 0.341 e. The van der Waals surface area contributed by atoms with Gasteiger partial charge in [-0.15, -0.1) is 0 Å². The average molecular weight is 431 g/mol. The summed E-state index contributed by atoms with van der Waals surface area (Å²) in [4.78, 5) is 25.0. The molecule has 1 atom stereocenters. The highest BCUT2D eigenvalue weighted by molar-refractivity contribution is 7.92. The van der Waals surface area contributed by atoms with Crippen LogP contribution in [0.3, 0.4) is 0 Å². The molecule has 2 aromatic rings. The second-order valence-electron chi connectivity index (χ2n) is 7.56. The van der Waals surface area contributed by atoms with Crippen LogP contribution in [0.1, 0.15) is 46.3 Å². The number of sulfonamides is 1. The van der Waals surface area contributed by atoms with Crippen molar-refractivity contribution in [3.63, 3.8) is 0 Å². The number of ether oxygens (including phenoxy) is 1. The maximum absolute atomic E-state index is 13.1. The van der Waals surface area contributed by atoms with Crippen LogP contribution in [0.15, 0.2) is 41.3 Å². The minimum Gasteiger partial charge on any atom is -0.449 e. The number of carbonyl (C=O) groups excluding carboxylic acids is 2. The number of esters is 1. The van der Waals surface area contributed by atoms with Crippen molar-refractivity contribution < 1.29 is 22.7 Å². The van der Waals surface area contributed by atoms with Gasteiger partial charge in [0.25, 0.3) is 15.9 Å². The molecule has 1 aliphatic rings. The van der Waals surface area contributed by atoms with Crippen LogP contribution in [-0.2, 0) is 19.6 Å². The Kier molecular flexibility index (Phi) is 6.45. The van der Waals surface area contributed by atoms with Crippen molar-refractivity contribution in [1.29, 1.82) is 0 Å². The van der Waals surface area contributed by atoms with Crippen molar-refractivity contribution in [3.8, 4) is 0 Å². The highest BCUT2D eigenvalue weighted by Crippen LogP contribution is 2.26. The quantitative estimate of drug-likeness (QED) is 0.709. The van der Waals surface area contributed by atoms with Crippen LogP contribution in [-0.4, -0.2) is 32.9 Å². The summed E-state index contributed by atoms with van der Waals surface area (Å²) in [6.07, 6.45) is 1.14. The van der Waals surface area contributed by atoms with E-state index in [1.165, 1.54) is 12.1 Å². The lowest BCUT2D eigenvalue weighted by atomic mass is 10.1. The number of anilines is 1. The van der Waals surface area contributed by atoms with Gasteiger partial charge in [0.1, 0.15) is 0 Å². The molecule has 2 aromatic carbocycles. The van der Waals surface area contributed by atoms with Gasteiger partial charge in [0.05, 0.1) is 16.1 Å². The summed E-state index contributed by atoms with van der Waals surface area (Å²) in [6, 6.07) is 9.81. The van der Waals surface area contributed by atoms with E-state index in [0.29, 0.717) is 24.1 Å². The van der Waals surface area contributed by atoms with E-state index >= 15 is 0 Å².